The van der Waals surface area contributed by atoms with Gasteiger partial charge in [-0.3, -0.25) is 14.8 Å². The van der Waals surface area contributed by atoms with Crippen molar-refractivity contribution in [2.75, 3.05) is 37.4 Å². The minimum Gasteiger partial charge on any atom is -0.353 e. The van der Waals surface area contributed by atoms with Gasteiger partial charge in [0.15, 0.2) is 16.5 Å². The second-order valence-electron chi connectivity index (χ2n) is 6.01. The van der Waals surface area contributed by atoms with Gasteiger partial charge in [-0.05, 0) is 18.2 Å². The quantitative estimate of drug-likeness (QED) is 0.760. The lowest BCUT2D eigenvalue weighted by atomic mass is 10.1. The lowest BCUT2D eigenvalue weighted by molar-refractivity contribution is 0.141. The molecular weight excluding hydrogens is 343 g/mol. The fraction of sp³-hybridized carbons (Fsp3) is 0.353. The van der Waals surface area contributed by atoms with Gasteiger partial charge in [0.2, 0.25) is 0 Å². The third kappa shape index (κ3) is 4.97. The summed E-state index contributed by atoms with van der Waals surface area (Å²) in [7, 11) is -2.38. The Morgan fingerprint density at radius 3 is 2.40 bits per heavy atom. The number of nitrogens with zero attached hydrogens (tertiary/aromatic N) is 3. The summed E-state index contributed by atoms with van der Waals surface area (Å²) in [4.78, 5) is 7.99. The Morgan fingerprint density at radius 1 is 1.04 bits per heavy atom. The smallest absolute Gasteiger partial charge is 0.153 e. The van der Waals surface area contributed by atoms with E-state index in [2.05, 4.69) is 15.2 Å². The van der Waals surface area contributed by atoms with Crippen LogP contribution in [0.4, 0.5) is 15.8 Å². The topological polar surface area (TPSA) is 65.5 Å². The van der Waals surface area contributed by atoms with Crippen LogP contribution in [0, 0.1) is 5.82 Å². The minimum atomic E-state index is -2.38. The van der Waals surface area contributed by atoms with E-state index < -0.39 is 10.7 Å². The van der Waals surface area contributed by atoms with Crippen molar-refractivity contribution in [2.24, 2.45) is 0 Å². The maximum absolute atomic E-state index is 14.8. The molecule has 0 radical (unpaired) electrons. The van der Waals surface area contributed by atoms with Gasteiger partial charge in [-0.1, -0.05) is 12.1 Å². The molecule has 2 heterocycles. The van der Waals surface area contributed by atoms with Crippen molar-refractivity contribution >= 4 is 22.1 Å². The van der Waals surface area contributed by atoms with Crippen molar-refractivity contribution in [3.63, 3.8) is 0 Å². The molecule has 0 amide bonds. The van der Waals surface area contributed by atoms with E-state index in [0.29, 0.717) is 30.9 Å². The van der Waals surface area contributed by atoms with Gasteiger partial charge in [0.25, 0.3) is 0 Å². The summed E-state index contributed by atoms with van der Waals surface area (Å²) in [5.41, 5.74) is 1.85. The van der Waals surface area contributed by atoms with Gasteiger partial charge < -0.3 is 5.32 Å². The van der Waals surface area contributed by atoms with Crippen LogP contribution < -0.4 is 5.32 Å². The van der Waals surface area contributed by atoms with Crippen LogP contribution in [-0.2, 0) is 17.2 Å². The van der Waals surface area contributed by atoms with E-state index in [1.807, 2.05) is 11.0 Å². The van der Waals surface area contributed by atoms with E-state index in [4.69, 9.17) is 0 Å². The van der Waals surface area contributed by atoms with Gasteiger partial charge in [-0.15, -0.1) is 0 Å². The molecule has 0 saturated carbocycles. The highest BCUT2D eigenvalue weighted by Gasteiger charge is 2.19. The molecule has 134 valence electrons. The van der Waals surface area contributed by atoms with Crippen LogP contribution in [0.5, 0.6) is 0 Å². The number of aromatic nitrogens is 1. The highest BCUT2D eigenvalue weighted by Crippen LogP contribution is 2.23. The second-order valence-corrected chi connectivity index (χ2v) is 6.96. The van der Waals surface area contributed by atoms with Crippen molar-refractivity contribution in [3.05, 3.63) is 54.1 Å². The van der Waals surface area contributed by atoms with Crippen molar-refractivity contribution in [1.82, 2.24) is 14.8 Å². The van der Waals surface area contributed by atoms with Crippen LogP contribution in [0.15, 0.2) is 42.7 Å². The molecule has 8 heteroatoms. The number of halogens is 1. The van der Waals surface area contributed by atoms with Crippen molar-refractivity contribution < 1.29 is 12.8 Å². The van der Waals surface area contributed by atoms with Gasteiger partial charge in [0.1, 0.15) is 0 Å². The zero-order valence-electron chi connectivity index (χ0n) is 13.8. The van der Waals surface area contributed by atoms with Crippen LogP contribution in [0.1, 0.15) is 5.56 Å². The average Bonchev–Trinajstić information content (AvgIpc) is 2.60. The fourth-order valence-electron chi connectivity index (χ4n) is 2.88. The first kappa shape index (κ1) is 17.8. The Balaban J connectivity index is 1.63. The molecule has 1 aliphatic heterocycles. The second kappa shape index (κ2) is 8.37. The molecular formula is C17H21FN4O2S. The fourth-order valence-corrected chi connectivity index (χ4v) is 3.49. The van der Waals surface area contributed by atoms with E-state index in [1.165, 1.54) is 0 Å². The molecule has 1 aromatic heterocycles. The number of thiol groups is 1. The summed E-state index contributed by atoms with van der Waals surface area (Å²) in [6.07, 6.45) is 3.30. The molecule has 0 aliphatic carbocycles. The molecule has 25 heavy (non-hydrogen) atoms. The Morgan fingerprint density at radius 2 is 1.72 bits per heavy atom. The summed E-state index contributed by atoms with van der Waals surface area (Å²) in [5, 5.41) is 3.07. The predicted octanol–water partition coefficient (Wildman–Crippen LogP) is 1.65. The summed E-state index contributed by atoms with van der Waals surface area (Å²) >= 11 is 0. The van der Waals surface area contributed by atoms with E-state index in [9.17, 15) is 12.8 Å². The largest absolute Gasteiger partial charge is 0.353 e. The Hall–Kier alpha value is -2.03. The van der Waals surface area contributed by atoms with E-state index in [-0.39, 0.29) is 11.7 Å². The minimum absolute atomic E-state index is 0.100. The molecule has 1 saturated heterocycles. The summed E-state index contributed by atoms with van der Waals surface area (Å²) < 4.78 is 36.4. The normalized spacial score (nSPS) is 16.2. The van der Waals surface area contributed by atoms with E-state index in [1.54, 1.807) is 36.7 Å². The molecule has 1 fully saturated rings. The molecule has 1 N–H and O–H groups in total. The van der Waals surface area contributed by atoms with Crippen molar-refractivity contribution in [3.8, 4) is 0 Å². The molecule has 0 bridgehead atoms. The first-order valence-electron chi connectivity index (χ1n) is 8.13. The first-order chi connectivity index (χ1) is 12.1. The van der Waals surface area contributed by atoms with Gasteiger partial charge in [0, 0.05) is 56.4 Å². The zero-order chi connectivity index (χ0) is 17.6. The molecule has 1 aliphatic rings. The summed E-state index contributed by atoms with van der Waals surface area (Å²) in [6.45, 7) is 3.32. The first-order valence-corrected chi connectivity index (χ1v) is 9.49. The number of hydrogen-bond acceptors (Lipinski definition) is 6. The van der Waals surface area contributed by atoms with Crippen molar-refractivity contribution in [1.29, 1.82) is 0 Å². The lowest BCUT2D eigenvalue weighted by Crippen LogP contribution is -2.46. The summed E-state index contributed by atoms with van der Waals surface area (Å²) in [5.74, 6) is -0.160. The molecule has 6 nitrogen and oxygen atoms in total. The number of benzene rings is 1. The third-order valence-electron chi connectivity index (χ3n) is 4.21. The maximum Gasteiger partial charge on any atom is 0.153 e. The van der Waals surface area contributed by atoms with Crippen LogP contribution in [-0.4, -0.2) is 55.3 Å². The van der Waals surface area contributed by atoms with E-state index in [0.717, 1.165) is 18.8 Å². The monoisotopic (exact) mass is 364 g/mol. The SMILES string of the molecule is O=[SH](=O)CN1CCN(Cc2cccc(Nc3ccncc3)c2F)CC1. The number of anilines is 2. The van der Waals surface area contributed by atoms with Crippen LogP contribution in [0.3, 0.4) is 0 Å². The van der Waals surface area contributed by atoms with Crippen LogP contribution >= 0.6 is 0 Å². The number of pyridine rings is 1. The summed E-state index contributed by atoms with van der Waals surface area (Å²) in [6, 6.07) is 8.90. The molecule has 2 aromatic rings. The molecule has 3 rings (SSSR count). The average molecular weight is 364 g/mol. The number of hydrogen-bond donors (Lipinski definition) is 2. The van der Waals surface area contributed by atoms with E-state index >= 15 is 0 Å². The highest BCUT2D eigenvalue weighted by molar-refractivity contribution is 7.72. The molecule has 0 unspecified atom stereocenters. The van der Waals surface area contributed by atoms with Gasteiger partial charge in [-0.2, -0.15) is 0 Å². The third-order valence-corrected chi connectivity index (χ3v) is 4.84. The van der Waals surface area contributed by atoms with Crippen LogP contribution in [0.2, 0.25) is 0 Å². The Bertz CT molecular complexity index is 769. The lowest BCUT2D eigenvalue weighted by Gasteiger charge is -2.33. The van der Waals surface area contributed by atoms with Gasteiger partial charge in [0.05, 0.1) is 11.6 Å². The Labute approximate surface area is 148 Å². The van der Waals surface area contributed by atoms with Gasteiger partial charge in [-0.25, -0.2) is 12.8 Å². The molecule has 0 spiro atoms. The van der Waals surface area contributed by atoms with Crippen molar-refractivity contribution in [2.45, 2.75) is 6.54 Å². The van der Waals surface area contributed by atoms with Crippen LogP contribution in [0.25, 0.3) is 0 Å². The number of nitrogens with one attached hydrogen (secondary N) is 1. The standard InChI is InChI=1S/C17H21FN4O2S/c18-17-14(12-21-8-10-22(11-9-21)13-25(23)24)2-1-3-16(17)20-15-4-6-19-7-5-15/h1-7,25H,8-13H2,(H,19,20). The zero-order valence-corrected chi connectivity index (χ0v) is 14.7. The molecule has 0 atom stereocenters. The molecule has 1 aromatic carbocycles. The predicted molar refractivity (Wildman–Crippen MR) is 96.0 cm³/mol. The Kier molecular flexibility index (Phi) is 5.95. The van der Waals surface area contributed by atoms with Gasteiger partial charge >= 0.3 is 0 Å². The number of rotatable bonds is 6. The number of piperazine rings is 1. The maximum atomic E-state index is 14.8. The highest BCUT2D eigenvalue weighted by atomic mass is 32.2.